The zero-order valence-corrected chi connectivity index (χ0v) is 24.1. The first kappa shape index (κ1) is 25.8. The molecule has 40 heavy (non-hydrogen) atoms. The molecule has 3 aromatic heterocycles. The van der Waals surface area contributed by atoms with Gasteiger partial charge in [0.2, 0.25) is 5.88 Å². The normalized spacial score (nSPS) is 12.2. The van der Waals surface area contributed by atoms with E-state index in [1.807, 2.05) is 36.5 Å². The van der Waals surface area contributed by atoms with Crippen LogP contribution in [0.25, 0.3) is 38.8 Å². The molecular formula is C36H35N3O. The predicted octanol–water partition coefficient (Wildman–Crippen LogP) is 9.63. The molecule has 200 valence electrons. The molecule has 0 aliphatic rings. The number of ether oxygens (including phenoxy) is 1. The van der Waals surface area contributed by atoms with E-state index in [4.69, 9.17) is 9.72 Å². The minimum absolute atomic E-state index is 0.0451. The van der Waals surface area contributed by atoms with Crippen LogP contribution in [-0.2, 0) is 10.8 Å². The summed E-state index contributed by atoms with van der Waals surface area (Å²) in [5.74, 6) is 2.25. The maximum absolute atomic E-state index is 6.03. The summed E-state index contributed by atoms with van der Waals surface area (Å²) in [6.45, 7) is 13.4. The van der Waals surface area contributed by atoms with Gasteiger partial charge in [0.25, 0.3) is 0 Å². The molecule has 0 aliphatic heterocycles. The minimum Gasteiger partial charge on any atom is -0.439 e. The number of nitrogens with zero attached hydrogens (tertiary/aromatic N) is 3. The van der Waals surface area contributed by atoms with Crippen LogP contribution in [0.15, 0.2) is 103 Å². The molecule has 0 saturated carbocycles. The zero-order chi connectivity index (χ0) is 28.1. The van der Waals surface area contributed by atoms with Gasteiger partial charge in [-0.05, 0) is 75.5 Å². The summed E-state index contributed by atoms with van der Waals surface area (Å²) in [5.41, 5.74) is 7.13. The molecule has 3 heterocycles. The van der Waals surface area contributed by atoms with E-state index in [0.717, 1.165) is 33.7 Å². The number of hydrogen-bond acceptors (Lipinski definition) is 3. The second-order valence-corrected chi connectivity index (χ2v) is 12.5. The summed E-state index contributed by atoms with van der Waals surface area (Å²) in [5, 5.41) is 2.45. The summed E-state index contributed by atoms with van der Waals surface area (Å²) in [6, 6.07) is 31.7. The van der Waals surface area contributed by atoms with E-state index < -0.39 is 0 Å². The van der Waals surface area contributed by atoms with Crippen molar-refractivity contribution in [2.24, 2.45) is 0 Å². The fourth-order valence-electron chi connectivity index (χ4n) is 5.14. The van der Waals surface area contributed by atoms with Crippen molar-refractivity contribution in [2.75, 3.05) is 0 Å². The number of fused-ring (bicyclic) bond motifs is 3. The van der Waals surface area contributed by atoms with Crippen molar-refractivity contribution >= 4 is 21.8 Å². The van der Waals surface area contributed by atoms with E-state index in [1.54, 1.807) is 6.20 Å². The fraction of sp³-hybridized carbons (Fsp3) is 0.222. The number of hydrogen-bond donors (Lipinski definition) is 0. The maximum Gasteiger partial charge on any atom is 0.219 e. The van der Waals surface area contributed by atoms with E-state index in [2.05, 4.69) is 112 Å². The molecule has 0 N–H and O–H groups in total. The molecule has 4 nitrogen and oxygen atoms in total. The molecule has 0 bridgehead atoms. The van der Waals surface area contributed by atoms with Gasteiger partial charge >= 0.3 is 0 Å². The summed E-state index contributed by atoms with van der Waals surface area (Å²) in [4.78, 5) is 9.26. The van der Waals surface area contributed by atoms with Crippen LogP contribution in [0.4, 0.5) is 0 Å². The predicted molar refractivity (Wildman–Crippen MR) is 166 cm³/mol. The van der Waals surface area contributed by atoms with E-state index in [1.165, 1.54) is 21.9 Å². The van der Waals surface area contributed by atoms with E-state index in [-0.39, 0.29) is 10.8 Å². The van der Waals surface area contributed by atoms with Crippen LogP contribution in [0, 0.1) is 0 Å². The quantitative estimate of drug-likeness (QED) is 0.230. The lowest BCUT2D eigenvalue weighted by Crippen LogP contribution is -2.12. The third kappa shape index (κ3) is 4.86. The Balaban J connectivity index is 1.52. The lowest BCUT2D eigenvalue weighted by atomic mass is 9.86. The van der Waals surface area contributed by atoms with Crippen LogP contribution in [-0.4, -0.2) is 14.5 Å². The minimum atomic E-state index is 0.0451. The van der Waals surface area contributed by atoms with Crippen molar-refractivity contribution in [3.63, 3.8) is 0 Å². The van der Waals surface area contributed by atoms with Gasteiger partial charge in [-0.1, -0.05) is 84.0 Å². The van der Waals surface area contributed by atoms with Gasteiger partial charge in [-0.3, -0.25) is 4.57 Å². The Morgan fingerprint density at radius 3 is 2.08 bits per heavy atom. The average molecular weight is 526 g/mol. The van der Waals surface area contributed by atoms with Gasteiger partial charge in [0, 0.05) is 29.2 Å². The molecule has 0 unspecified atom stereocenters. The highest BCUT2D eigenvalue weighted by Crippen LogP contribution is 2.37. The van der Waals surface area contributed by atoms with Gasteiger partial charge in [0.05, 0.1) is 11.0 Å². The molecule has 3 aromatic carbocycles. The third-order valence-corrected chi connectivity index (χ3v) is 7.50. The standard InChI is InChI=1S/C36H35N3O/c1-35(2,3)26-14-17-31-30(22-26)29-16-13-25(24-10-9-11-28(20-24)40-34-12-7-8-19-37-34)21-32(29)39(31)33-18-15-27(23-38-33)36(4,5)6/h7-23H,1-6H3. The Kier molecular flexibility index (Phi) is 6.22. The zero-order valence-electron chi connectivity index (χ0n) is 24.1. The SMILES string of the molecule is CC(C)(C)c1ccc(-n2c3ccc(C(C)(C)C)cc3c3ccc(-c4cccc(Oc5ccccn5)c4)cc32)nc1. The molecular weight excluding hydrogens is 490 g/mol. The molecule has 0 amide bonds. The summed E-state index contributed by atoms with van der Waals surface area (Å²) < 4.78 is 8.32. The van der Waals surface area contributed by atoms with Crippen molar-refractivity contribution in [2.45, 2.75) is 52.4 Å². The summed E-state index contributed by atoms with van der Waals surface area (Å²) in [7, 11) is 0. The van der Waals surface area contributed by atoms with Crippen molar-refractivity contribution in [3.05, 3.63) is 115 Å². The lowest BCUT2D eigenvalue weighted by molar-refractivity contribution is 0.463. The second kappa shape index (κ2) is 9.63. The van der Waals surface area contributed by atoms with Crippen molar-refractivity contribution in [1.29, 1.82) is 0 Å². The number of aromatic nitrogens is 3. The van der Waals surface area contributed by atoms with Gasteiger partial charge in [0.15, 0.2) is 0 Å². The molecule has 0 atom stereocenters. The van der Waals surface area contributed by atoms with Crippen molar-refractivity contribution < 1.29 is 4.74 Å². The largest absolute Gasteiger partial charge is 0.439 e. The smallest absolute Gasteiger partial charge is 0.219 e. The van der Waals surface area contributed by atoms with Crippen molar-refractivity contribution in [1.82, 2.24) is 14.5 Å². The van der Waals surface area contributed by atoms with Gasteiger partial charge in [0.1, 0.15) is 11.6 Å². The first-order chi connectivity index (χ1) is 19.1. The molecule has 6 aromatic rings. The molecule has 0 spiro atoms. The number of rotatable bonds is 4. The van der Waals surface area contributed by atoms with Crippen LogP contribution < -0.4 is 4.74 Å². The van der Waals surface area contributed by atoms with Crippen LogP contribution >= 0.6 is 0 Å². The first-order valence-corrected chi connectivity index (χ1v) is 13.8. The number of pyridine rings is 2. The Hall–Kier alpha value is -4.44. The van der Waals surface area contributed by atoms with Crippen molar-refractivity contribution in [3.8, 4) is 28.6 Å². The number of benzene rings is 3. The topological polar surface area (TPSA) is 39.9 Å². The second-order valence-electron chi connectivity index (χ2n) is 12.5. The average Bonchev–Trinajstić information content (AvgIpc) is 3.26. The van der Waals surface area contributed by atoms with Gasteiger partial charge in [-0.15, -0.1) is 0 Å². The van der Waals surface area contributed by atoms with E-state index >= 15 is 0 Å². The summed E-state index contributed by atoms with van der Waals surface area (Å²) in [6.07, 6.45) is 3.75. The third-order valence-electron chi connectivity index (χ3n) is 7.50. The lowest BCUT2D eigenvalue weighted by Gasteiger charge is -2.19. The van der Waals surface area contributed by atoms with Gasteiger partial charge in [-0.2, -0.15) is 0 Å². The Bertz CT molecular complexity index is 1820. The Morgan fingerprint density at radius 1 is 0.600 bits per heavy atom. The molecule has 6 rings (SSSR count). The van der Waals surface area contributed by atoms with Crippen LogP contribution in [0.5, 0.6) is 11.6 Å². The highest BCUT2D eigenvalue weighted by Gasteiger charge is 2.20. The highest BCUT2D eigenvalue weighted by molar-refractivity contribution is 6.10. The molecule has 4 heteroatoms. The van der Waals surface area contributed by atoms with Gasteiger partial charge in [-0.25, -0.2) is 9.97 Å². The van der Waals surface area contributed by atoms with E-state index in [0.29, 0.717) is 5.88 Å². The molecule has 0 fully saturated rings. The highest BCUT2D eigenvalue weighted by atomic mass is 16.5. The molecule has 0 radical (unpaired) electrons. The molecule has 0 aliphatic carbocycles. The van der Waals surface area contributed by atoms with E-state index in [9.17, 15) is 0 Å². The van der Waals surface area contributed by atoms with Crippen LogP contribution in [0.3, 0.4) is 0 Å². The monoisotopic (exact) mass is 525 g/mol. The molecule has 0 saturated heterocycles. The Morgan fingerprint density at radius 2 is 1.38 bits per heavy atom. The maximum atomic E-state index is 6.03. The van der Waals surface area contributed by atoms with Crippen LogP contribution in [0.1, 0.15) is 52.7 Å². The van der Waals surface area contributed by atoms with Crippen LogP contribution in [0.2, 0.25) is 0 Å². The van der Waals surface area contributed by atoms with Gasteiger partial charge < -0.3 is 4.74 Å². The fourth-order valence-corrected chi connectivity index (χ4v) is 5.14. The summed E-state index contributed by atoms with van der Waals surface area (Å²) >= 11 is 0. The first-order valence-electron chi connectivity index (χ1n) is 13.8. The Labute approximate surface area is 236 Å².